The Morgan fingerprint density at radius 3 is 2.65 bits per heavy atom. The van der Waals surface area contributed by atoms with Gasteiger partial charge >= 0.3 is 5.97 Å². The molecule has 6 nitrogen and oxygen atoms in total. The Bertz CT molecular complexity index is 789. The second kappa shape index (κ2) is 7.82. The van der Waals surface area contributed by atoms with Gasteiger partial charge in [-0.05, 0) is 36.2 Å². The fourth-order valence-corrected chi connectivity index (χ4v) is 2.94. The number of esters is 1. The fourth-order valence-electron chi connectivity index (χ4n) is 2.94. The van der Waals surface area contributed by atoms with Crippen LogP contribution in [0.2, 0.25) is 0 Å². The largest absolute Gasteiger partial charge is 0.497 e. The van der Waals surface area contributed by atoms with Gasteiger partial charge in [-0.3, -0.25) is 9.69 Å². The highest BCUT2D eigenvalue weighted by Gasteiger charge is 2.52. The van der Waals surface area contributed by atoms with Crippen molar-refractivity contribution in [1.29, 1.82) is 0 Å². The Kier molecular flexibility index (Phi) is 5.31. The number of ether oxygens (including phenoxy) is 2. The Balaban J connectivity index is 1.71. The predicted molar refractivity (Wildman–Crippen MR) is 96.6 cm³/mol. The highest BCUT2D eigenvalue weighted by molar-refractivity contribution is 6.10. The molecule has 0 bridgehead atoms. The molecule has 0 aliphatic carbocycles. The van der Waals surface area contributed by atoms with Crippen molar-refractivity contribution in [3.63, 3.8) is 0 Å². The number of aromatic nitrogens is 1. The molecule has 0 radical (unpaired) electrons. The smallest absolute Gasteiger partial charge is 0.330 e. The number of rotatable bonds is 7. The second-order valence-corrected chi connectivity index (χ2v) is 5.93. The summed E-state index contributed by atoms with van der Waals surface area (Å²) in [7, 11) is 1.59. The van der Waals surface area contributed by atoms with E-state index in [0.29, 0.717) is 12.2 Å². The number of pyridine rings is 1. The Hall–Kier alpha value is -3.15. The molecule has 0 N–H and O–H groups in total. The van der Waals surface area contributed by atoms with Gasteiger partial charge in [0.2, 0.25) is 5.91 Å². The molecule has 3 rings (SSSR count). The van der Waals surface area contributed by atoms with Crippen LogP contribution in [0.1, 0.15) is 12.0 Å². The molecule has 6 heteroatoms. The Labute approximate surface area is 152 Å². The number of hydrogen-bond acceptors (Lipinski definition) is 5. The minimum absolute atomic E-state index is 0.129. The Morgan fingerprint density at radius 2 is 2.04 bits per heavy atom. The van der Waals surface area contributed by atoms with Gasteiger partial charge in [0.05, 0.1) is 13.0 Å². The summed E-state index contributed by atoms with van der Waals surface area (Å²) in [5, 5.41) is 0. The van der Waals surface area contributed by atoms with Crippen LogP contribution in [0.25, 0.3) is 0 Å². The zero-order valence-corrected chi connectivity index (χ0v) is 14.5. The van der Waals surface area contributed by atoms with E-state index in [2.05, 4.69) is 11.6 Å². The molecular formula is C20H20N2O4. The number of β-lactam (4-membered cyclic amide) rings is 1. The minimum Gasteiger partial charge on any atom is -0.497 e. The second-order valence-electron chi connectivity index (χ2n) is 5.93. The molecule has 0 spiro atoms. The van der Waals surface area contributed by atoms with Gasteiger partial charge in [-0.1, -0.05) is 24.3 Å². The third-order valence-corrected chi connectivity index (χ3v) is 4.31. The van der Waals surface area contributed by atoms with Gasteiger partial charge in [0.1, 0.15) is 24.2 Å². The van der Waals surface area contributed by atoms with Crippen molar-refractivity contribution in [3.8, 4) is 5.75 Å². The first-order valence-electron chi connectivity index (χ1n) is 8.30. The first-order valence-corrected chi connectivity index (χ1v) is 8.30. The topological polar surface area (TPSA) is 68.7 Å². The third-order valence-electron chi connectivity index (χ3n) is 4.31. The molecule has 1 saturated heterocycles. The molecule has 1 fully saturated rings. The van der Waals surface area contributed by atoms with Gasteiger partial charge in [0.15, 0.2) is 0 Å². The summed E-state index contributed by atoms with van der Waals surface area (Å²) in [5.74, 6) is 0.132. The number of anilines is 1. The number of benzene rings is 1. The maximum Gasteiger partial charge on any atom is 0.330 e. The average molecular weight is 352 g/mol. The van der Waals surface area contributed by atoms with E-state index < -0.39 is 17.9 Å². The quantitative estimate of drug-likeness (QED) is 0.435. The maximum atomic E-state index is 12.6. The maximum absolute atomic E-state index is 12.6. The number of carbonyl (C=O) groups is 2. The van der Waals surface area contributed by atoms with E-state index in [1.807, 2.05) is 12.1 Å². The standard InChI is InChI=1S/C20H20N2O4/c1-3-6-16-18(22(19(16)23)17-7-4-5-12-21-17)20(24)26-13-14-8-10-15(25-2)11-9-14/h3-5,7-12,16,18H,1,6,13H2,2H3/t16-,18+/m1/s1. The summed E-state index contributed by atoms with van der Waals surface area (Å²) >= 11 is 0. The summed E-state index contributed by atoms with van der Waals surface area (Å²) in [6.45, 7) is 3.80. The van der Waals surface area contributed by atoms with Crippen molar-refractivity contribution < 1.29 is 19.1 Å². The lowest BCUT2D eigenvalue weighted by atomic mass is 9.84. The molecule has 26 heavy (non-hydrogen) atoms. The number of nitrogens with zero attached hydrogens (tertiary/aromatic N) is 2. The fraction of sp³-hybridized carbons (Fsp3) is 0.250. The predicted octanol–water partition coefficient (Wildman–Crippen LogP) is 2.74. The van der Waals surface area contributed by atoms with Crippen LogP contribution in [0.15, 0.2) is 61.3 Å². The lowest BCUT2D eigenvalue weighted by Gasteiger charge is -2.44. The van der Waals surface area contributed by atoms with Crippen molar-refractivity contribution in [2.24, 2.45) is 5.92 Å². The molecule has 2 heterocycles. The van der Waals surface area contributed by atoms with E-state index in [9.17, 15) is 9.59 Å². The van der Waals surface area contributed by atoms with Gasteiger partial charge in [0, 0.05) is 6.20 Å². The zero-order valence-electron chi connectivity index (χ0n) is 14.5. The first kappa shape index (κ1) is 17.7. The molecule has 0 unspecified atom stereocenters. The summed E-state index contributed by atoms with van der Waals surface area (Å²) < 4.78 is 10.6. The molecule has 134 valence electrons. The van der Waals surface area contributed by atoms with Gasteiger partial charge in [-0.25, -0.2) is 9.78 Å². The van der Waals surface area contributed by atoms with Crippen molar-refractivity contribution in [1.82, 2.24) is 4.98 Å². The number of carbonyl (C=O) groups excluding carboxylic acids is 2. The molecule has 1 aliphatic heterocycles. The van der Waals surface area contributed by atoms with Crippen molar-refractivity contribution in [2.45, 2.75) is 19.1 Å². The summed E-state index contributed by atoms with van der Waals surface area (Å²) in [5.41, 5.74) is 0.842. The van der Waals surface area contributed by atoms with Crippen molar-refractivity contribution in [2.75, 3.05) is 12.0 Å². The van der Waals surface area contributed by atoms with E-state index in [0.717, 1.165) is 11.3 Å². The molecule has 1 aromatic carbocycles. The van der Waals surface area contributed by atoms with Crippen LogP contribution in [-0.2, 0) is 20.9 Å². The van der Waals surface area contributed by atoms with Crippen LogP contribution in [0.3, 0.4) is 0 Å². The van der Waals surface area contributed by atoms with E-state index in [1.165, 1.54) is 4.90 Å². The third kappa shape index (κ3) is 3.44. The van der Waals surface area contributed by atoms with E-state index in [4.69, 9.17) is 9.47 Å². The molecule has 1 aliphatic rings. The van der Waals surface area contributed by atoms with Crippen LogP contribution >= 0.6 is 0 Å². The van der Waals surface area contributed by atoms with Gasteiger partial charge in [-0.2, -0.15) is 0 Å². The summed E-state index contributed by atoms with van der Waals surface area (Å²) in [4.78, 5) is 30.6. The minimum atomic E-state index is -0.686. The van der Waals surface area contributed by atoms with E-state index in [1.54, 1.807) is 49.7 Å². The molecular weight excluding hydrogens is 332 g/mol. The van der Waals surface area contributed by atoms with Crippen LogP contribution in [0.4, 0.5) is 5.82 Å². The Morgan fingerprint density at radius 1 is 1.27 bits per heavy atom. The molecule has 2 aromatic rings. The SMILES string of the molecule is C=CC[C@H]1C(=O)N(c2ccccn2)[C@@H]1C(=O)OCc1ccc(OC)cc1. The van der Waals surface area contributed by atoms with Crippen molar-refractivity contribution >= 4 is 17.7 Å². The van der Waals surface area contributed by atoms with Crippen molar-refractivity contribution in [3.05, 3.63) is 66.9 Å². The van der Waals surface area contributed by atoms with Gasteiger partial charge in [-0.15, -0.1) is 6.58 Å². The molecule has 1 amide bonds. The average Bonchev–Trinajstić information content (AvgIpc) is 2.69. The zero-order chi connectivity index (χ0) is 18.5. The van der Waals surface area contributed by atoms with Crippen LogP contribution in [0, 0.1) is 5.92 Å². The van der Waals surface area contributed by atoms with Crippen LogP contribution in [-0.4, -0.2) is 30.0 Å². The number of amides is 1. The van der Waals surface area contributed by atoms with E-state index in [-0.39, 0.29) is 12.5 Å². The normalized spacial score (nSPS) is 18.8. The summed E-state index contributed by atoms with van der Waals surface area (Å²) in [6, 6.07) is 11.8. The van der Waals surface area contributed by atoms with Crippen LogP contribution in [0.5, 0.6) is 5.75 Å². The van der Waals surface area contributed by atoms with E-state index >= 15 is 0 Å². The van der Waals surface area contributed by atoms with Gasteiger partial charge < -0.3 is 9.47 Å². The highest BCUT2D eigenvalue weighted by Crippen LogP contribution is 2.34. The molecule has 0 saturated carbocycles. The monoisotopic (exact) mass is 352 g/mol. The lowest BCUT2D eigenvalue weighted by molar-refractivity contribution is -0.155. The number of hydrogen-bond donors (Lipinski definition) is 0. The number of allylic oxidation sites excluding steroid dienone is 1. The number of methoxy groups -OCH3 is 1. The first-order chi connectivity index (χ1) is 12.7. The summed E-state index contributed by atoms with van der Waals surface area (Å²) in [6.07, 6.45) is 3.65. The molecule has 1 aromatic heterocycles. The van der Waals surface area contributed by atoms with Gasteiger partial charge in [0.25, 0.3) is 0 Å². The molecule has 2 atom stereocenters. The highest BCUT2D eigenvalue weighted by atomic mass is 16.5. The lowest BCUT2D eigenvalue weighted by Crippen LogP contribution is -2.65. The van der Waals surface area contributed by atoms with Crippen LogP contribution < -0.4 is 9.64 Å².